The summed E-state index contributed by atoms with van der Waals surface area (Å²) in [6.07, 6.45) is 0. The number of ether oxygens (including phenoxy) is 2. The van der Waals surface area contributed by atoms with Crippen LogP contribution in [-0.4, -0.2) is 26.0 Å². The smallest absolute Gasteiger partial charge is 0.238 e. The average molecular weight is 446 g/mol. The van der Waals surface area contributed by atoms with E-state index in [0.717, 1.165) is 22.3 Å². The quantitative estimate of drug-likeness (QED) is 0.546. The molecule has 0 unspecified atom stereocenters. The Bertz CT molecular complexity index is 1190. The Balaban J connectivity index is 1.56. The minimum Gasteiger partial charge on any atom is -0.495 e. The van der Waals surface area contributed by atoms with Gasteiger partial charge in [-0.1, -0.05) is 60.1 Å². The predicted molar refractivity (Wildman–Crippen MR) is 121 cm³/mol. The van der Waals surface area contributed by atoms with Crippen molar-refractivity contribution in [1.82, 2.24) is 0 Å². The molecule has 2 atom stereocenters. The number of benzene rings is 3. The second kappa shape index (κ2) is 6.84. The van der Waals surface area contributed by atoms with Gasteiger partial charge in [0.15, 0.2) is 0 Å². The molecule has 160 valence electrons. The third-order valence-electron chi connectivity index (χ3n) is 7.14. The minimum atomic E-state index is -0.455. The lowest BCUT2D eigenvalue weighted by Crippen LogP contribution is -2.41. The molecule has 3 aliphatic carbocycles. The zero-order chi connectivity index (χ0) is 22.1. The van der Waals surface area contributed by atoms with Gasteiger partial charge in [0.1, 0.15) is 11.5 Å². The lowest BCUT2D eigenvalue weighted by atomic mass is 9.55. The summed E-state index contributed by atoms with van der Waals surface area (Å²) in [4.78, 5) is 29.1. The van der Waals surface area contributed by atoms with E-state index >= 15 is 0 Å². The topological polar surface area (TPSA) is 55.8 Å². The van der Waals surface area contributed by atoms with E-state index in [1.807, 2.05) is 24.3 Å². The van der Waals surface area contributed by atoms with Crippen molar-refractivity contribution in [2.24, 2.45) is 11.8 Å². The molecular weight excluding hydrogens is 426 g/mol. The molecule has 0 saturated carbocycles. The van der Waals surface area contributed by atoms with Gasteiger partial charge in [-0.2, -0.15) is 0 Å². The molecular formula is C26H20ClNO4. The van der Waals surface area contributed by atoms with Crippen LogP contribution < -0.4 is 14.4 Å². The SMILES string of the molecule is COc1cc(N2C(=O)[C@@H]3C4c5ccccc5C(c5ccccc54)[C@@H]3C2=O)c(OC)cc1Cl. The van der Waals surface area contributed by atoms with Gasteiger partial charge in [-0.05, 0) is 22.3 Å². The minimum absolute atomic E-state index is 0.154. The maximum atomic E-state index is 13.9. The number of nitrogens with zero attached hydrogens (tertiary/aromatic N) is 1. The van der Waals surface area contributed by atoms with Gasteiger partial charge in [-0.25, -0.2) is 4.90 Å². The predicted octanol–water partition coefficient (Wildman–Crippen LogP) is 4.75. The van der Waals surface area contributed by atoms with Crippen LogP contribution in [0.25, 0.3) is 0 Å². The molecule has 1 fully saturated rings. The van der Waals surface area contributed by atoms with Crippen LogP contribution in [-0.2, 0) is 9.59 Å². The molecule has 5 nitrogen and oxygen atoms in total. The van der Waals surface area contributed by atoms with E-state index in [-0.39, 0.29) is 23.7 Å². The van der Waals surface area contributed by atoms with Gasteiger partial charge in [0.25, 0.3) is 0 Å². The highest BCUT2D eigenvalue weighted by molar-refractivity contribution is 6.32. The third-order valence-corrected chi connectivity index (χ3v) is 7.44. The molecule has 0 N–H and O–H groups in total. The van der Waals surface area contributed by atoms with E-state index in [1.165, 1.54) is 19.1 Å². The fourth-order valence-electron chi connectivity index (χ4n) is 5.93. The van der Waals surface area contributed by atoms with Gasteiger partial charge in [0, 0.05) is 24.0 Å². The Hall–Kier alpha value is -3.31. The molecule has 0 radical (unpaired) electrons. The Morgan fingerprint density at radius 2 is 1.16 bits per heavy atom. The number of hydrogen-bond acceptors (Lipinski definition) is 4. The fraction of sp³-hybridized carbons (Fsp3) is 0.231. The third kappa shape index (κ3) is 2.34. The molecule has 1 aliphatic heterocycles. The summed E-state index contributed by atoms with van der Waals surface area (Å²) >= 11 is 6.27. The molecule has 1 heterocycles. The van der Waals surface area contributed by atoms with Crippen LogP contribution in [0, 0.1) is 11.8 Å². The van der Waals surface area contributed by atoms with E-state index in [4.69, 9.17) is 21.1 Å². The molecule has 7 rings (SSSR count). The molecule has 1 saturated heterocycles. The van der Waals surface area contributed by atoms with Gasteiger partial charge in [0.05, 0.1) is 36.8 Å². The molecule has 0 aromatic heterocycles. The van der Waals surface area contributed by atoms with Crippen LogP contribution in [0.4, 0.5) is 5.69 Å². The van der Waals surface area contributed by atoms with Crippen LogP contribution in [0.1, 0.15) is 34.1 Å². The van der Waals surface area contributed by atoms with Crippen LogP contribution in [0.3, 0.4) is 0 Å². The number of hydrogen-bond donors (Lipinski definition) is 0. The summed E-state index contributed by atoms with van der Waals surface area (Å²) in [5, 5.41) is 0.351. The number of anilines is 1. The maximum absolute atomic E-state index is 13.9. The van der Waals surface area contributed by atoms with Crippen molar-refractivity contribution >= 4 is 29.1 Å². The van der Waals surface area contributed by atoms with E-state index < -0.39 is 11.8 Å². The lowest BCUT2D eigenvalue weighted by molar-refractivity contribution is -0.122. The van der Waals surface area contributed by atoms with Crippen LogP contribution >= 0.6 is 11.6 Å². The van der Waals surface area contributed by atoms with Gasteiger partial charge in [0.2, 0.25) is 11.8 Å². The van der Waals surface area contributed by atoms with Crippen LogP contribution in [0.5, 0.6) is 11.5 Å². The Kier molecular flexibility index (Phi) is 4.14. The molecule has 3 aromatic rings. The second-order valence-electron chi connectivity index (χ2n) is 8.44. The molecule has 2 bridgehead atoms. The Labute approximate surface area is 190 Å². The number of methoxy groups -OCH3 is 2. The first kappa shape index (κ1) is 19.4. The molecule has 0 spiro atoms. The van der Waals surface area contributed by atoms with Crippen molar-refractivity contribution in [2.75, 3.05) is 19.1 Å². The molecule has 6 heteroatoms. The first-order chi connectivity index (χ1) is 15.6. The molecule has 4 aliphatic rings. The normalized spacial score (nSPS) is 24.8. The highest BCUT2D eigenvalue weighted by atomic mass is 35.5. The number of carbonyl (C=O) groups excluding carboxylic acids is 2. The van der Waals surface area contributed by atoms with Crippen molar-refractivity contribution in [3.8, 4) is 11.5 Å². The first-order valence-electron chi connectivity index (χ1n) is 10.5. The summed E-state index contributed by atoms with van der Waals surface area (Å²) in [5.74, 6) is -0.889. The summed E-state index contributed by atoms with van der Waals surface area (Å²) in [7, 11) is 2.99. The van der Waals surface area contributed by atoms with E-state index in [1.54, 1.807) is 12.1 Å². The average Bonchev–Trinajstić information content (AvgIpc) is 3.09. The van der Waals surface area contributed by atoms with Gasteiger partial charge < -0.3 is 9.47 Å². The zero-order valence-corrected chi connectivity index (χ0v) is 18.3. The summed E-state index contributed by atoms with van der Waals surface area (Å²) in [5.41, 5.74) is 4.93. The second-order valence-corrected chi connectivity index (χ2v) is 8.84. The van der Waals surface area contributed by atoms with Crippen LogP contribution in [0.15, 0.2) is 60.7 Å². The van der Waals surface area contributed by atoms with Crippen molar-refractivity contribution in [2.45, 2.75) is 11.8 Å². The van der Waals surface area contributed by atoms with E-state index in [2.05, 4.69) is 24.3 Å². The largest absolute Gasteiger partial charge is 0.495 e. The number of carbonyl (C=O) groups is 2. The summed E-state index contributed by atoms with van der Waals surface area (Å²) < 4.78 is 10.8. The standard InChI is InChI=1S/C26H20ClNO4/c1-31-19-12-18(20(32-2)11-17(19)27)28-25(29)23-21-13-7-3-4-8-14(13)22(24(23)26(28)30)16-10-6-5-9-15(16)21/h3-12,21-24H,1-2H3/t21?,22?,23-,24+. The Morgan fingerprint density at radius 3 is 1.56 bits per heavy atom. The maximum Gasteiger partial charge on any atom is 0.238 e. The van der Waals surface area contributed by atoms with Gasteiger partial charge >= 0.3 is 0 Å². The zero-order valence-electron chi connectivity index (χ0n) is 17.5. The van der Waals surface area contributed by atoms with Crippen LogP contribution in [0.2, 0.25) is 5.02 Å². The first-order valence-corrected chi connectivity index (χ1v) is 10.9. The Morgan fingerprint density at radius 1 is 0.719 bits per heavy atom. The van der Waals surface area contributed by atoms with Crippen molar-refractivity contribution in [3.63, 3.8) is 0 Å². The molecule has 2 amide bonds. The van der Waals surface area contributed by atoms with E-state index in [0.29, 0.717) is 22.2 Å². The highest BCUT2D eigenvalue weighted by Crippen LogP contribution is 2.61. The van der Waals surface area contributed by atoms with Gasteiger partial charge in [-0.15, -0.1) is 0 Å². The number of rotatable bonds is 3. The number of halogens is 1. The highest BCUT2D eigenvalue weighted by Gasteiger charge is 2.62. The monoisotopic (exact) mass is 445 g/mol. The number of imide groups is 1. The fourth-order valence-corrected chi connectivity index (χ4v) is 6.16. The summed E-state index contributed by atoms with van der Waals surface area (Å²) in [6, 6.07) is 19.6. The number of amides is 2. The molecule has 3 aromatic carbocycles. The van der Waals surface area contributed by atoms with Crippen molar-refractivity contribution in [1.29, 1.82) is 0 Å². The lowest BCUT2D eigenvalue weighted by Gasteiger charge is -2.45. The van der Waals surface area contributed by atoms with E-state index in [9.17, 15) is 9.59 Å². The van der Waals surface area contributed by atoms with Gasteiger partial charge in [-0.3, -0.25) is 9.59 Å². The molecule has 32 heavy (non-hydrogen) atoms. The van der Waals surface area contributed by atoms with Crippen molar-refractivity contribution < 1.29 is 19.1 Å². The van der Waals surface area contributed by atoms with Crippen molar-refractivity contribution in [3.05, 3.63) is 87.9 Å². The summed E-state index contributed by atoms with van der Waals surface area (Å²) in [6.45, 7) is 0.